The van der Waals surface area contributed by atoms with Gasteiger partial charge in [-0.2, -0.15) is 8.42 Å². The first-order valence-electron chi connectivity index (χ1n) is 6.04. The Balaban J connectivity index is 2.08. The van der Waals surface area contributed by atoms with Gasteiger partial charge in [0, 0.05) is 13.8 Å². The lowest BCUT2D eigenvalue weighted by Gasteiger charge is -2.16. The zero-order chi connectivity index (χ0) is 14.3. The lowest BCUT2D eigenvalue weighted by atomic mass is 10.1. The van der Waals surface area contributed by atoms with Crippen molar-refractivity contribution >= 4 is 10.1 Å². The molecule has 1 atom stereocenters. The molecule has 0 N–H and O–H groups in total. The van der Waals surface area contributed by atoms with Crippen molar-refractivity contribution in [2.45, 2.75) is 39.1 Å². The highest BCUT2D eigenvalue weighted by molar-refractivity contribution is 7.86. The van der Waals surface area contributed by atoms with E-state index in [1.165, 1.54) is 0 Å². The van der Waals surface area contributed by atoms with E-state index in [0.717, 1.165) is 11.8 Å². The topological polar surface area (TPSA) is 61.8 Å². The molecule has 1 aromatic rings. The molecule has 1 aromatic carbocycles. The normalized spacial score (nSPS) is 18.3. The van der Waals surface area contributed by atoms with Crippen LogP contribution in [0.25, 0.3) is 0 Å². The molecular weight excluding hydrogens is 268 g/mol. The monoisotopic (exact) mass is 286 g/mol. The summed E-state index contributed by atoms with van der Waals surface area (Å²) < 4.78 is 38.2. The van der Waals surface area contributed by atoms with Gasteiger partial charge in [-0.3, -0.25) is 4.18 Å². The van der Waals surface area contributed by atoms with E-state index in [1.54, 1.807) is 6.92 Å². The van der Waals surface area contributed by atoms with Crippen molar-refractivity contribution in [1.29, 1.82) is 0 Å². The fourth-order valence-electron chi connectivity index (χ4n) is 2.06. The van der Waals surface area contributed by atoms with Gasteiger partial charge in [0.2, 0.25) is 5.79 Å². The molecule has 106 valence electrons. The number of fused-ring (bicyclic) bond motifs is 1. The summed E-state index contributed by atoms with van der Waals surface area (Å²) in [5, 5.41) is 0. The third-order valence-electron chi connectivity index (χ3n) is 2.58. The van der Waals surface area contributed by atoms with Crippen LogP contribution in [0.3, 0.4) is 0 Å². The lowest BCUT2D eigenvalue weighted by molar-refractivity contribution is -0.0431. The van der Waals surface area contributed by atoms with Gasteiger partial charge in [-0.15, -0.1) is 0 Å². The molecule has 0 aromatic heterocycles. The maximum atomic E-state index is 11.0. The standard InChI is InChI=1S/C13H18O5S/c1-9(18-19(4,14)15)7-10-5-6-11-12(8-10)17-13(2,3)16-11/h5-6,8-9H,7H2,1-4H3/t9-/m1/s1. The molecule has 0 amide bonds. The van der Waals surface area contributed by atoms with E-state index in [2.05, 4.69) is 0 Å². The SMILES string of the molecule is C[C@H](Cc1ccc2c(c1)OC(C)(C)O2)OS(C)(=O)=O. The Kier molecular flexibility index (Phi) is 3.49. The van der Waals surface area contributed by atoms with Crippen LogP contribution in [-0.4, -0.2) is 26.6 Å². The van der Waals surface area contributed by atoms with Crippen LogP contribution in [0.4, 0.5) is 0 Å². The molecule has 2 rings (SSSR count). The first-order valence-corrected chi connectivity index (χ1v) is 7.85. The first-order chi connectivity index (χ1) is 8.65. The van der Waals surface area contributed by atoms with Gasteiger partial charge in [-0.05, 0) is 31.0 Å². The lowest BCUT2D eigenvalue weighted by Crippen LogP contribution is -2.29. The van der Waals surface area contributed by atoms with E-state index < -0.39 is 22.0 Å². The highest BCUT2D eigenvalue weighted by Crippen LogP contribution is 2.39. The third-order valence-corrected chi connectivity index (χ3v) is 3.26. The maximum Gasteiger partial charge on any atom is 0.264 e. The van der Waals surface area contributed by atoms with Crippen molar-refractivity contribution in [3.63, 3.8) is 0 Å². The minimum atomic E-state index is -3.43. The maximum absolute atomic E-state index is 11.0. The van der Waals surface area contributed by atoms with Crippen molar-refractivity contribution in [3.05, 3.63) is 23.8 Å². The molecule has 1 aliphatic rings. The predicted octanol–water partition coefficient (Wildman–Crippen LogP) is 2.10. The fraction of sp³-hybridized carbons (Fsp3) is 0.538. The number of hydrogen-bond acceptors (Lipinski definition) is 5. The van der Waals surface area contributed by atoms with E-state index >= 15 is 0 Å². The second kappa shape index (κ2) is 4.68. The van der Waals surface area contributed by atoms with Crippen LogP contribution in [-0.2, 0) is 20.7 Å². The van der Waals surface area contributed by atoms with Crippen molar-refractivity contribution in [3.8, 4) is 11.5 Å². The fourth-order valence-corrected chi connectivity index (χ4v) is 2.72. The van der Waals surface area contributed by atoms with Gasteiger partial charge in [-0.25, -0.2) is 0 Å². The first kappa shape index (κ1) is 14.1. The summed E-state index contributed by atoms with van der Waals surface area (Å²) in [7, 11) is -3.43. The zero-order valence-electron chi connectivity index (χ0n) is 11.5. The highest BCUT2D eigenvalue weighted by atomic mass is 32.2. The molecule has 0 unspecified atom stereocenters. The van der Waals surface area contributed by atoms with Crippen LogP contribution in [0.2, 0.25) is 0 Å². The Hall–Kier alpha value is -1.27. The van der Waals surface area contributed by atoms with E-state index in [9.17, 15) is 8.42 Å². The second-order valence-corrected chi connectivity index (χ2v) is 6.80. The minimum absolute atomic E-state index is 0.414. The molecule has 0 fully saturated rings. The summed E-state index contributed by atoms with van der Waals surface area (Å²) in [5.74, 6) is 0.718. The molecule has 0 bridgehead atoms. The van der Waals surface area contributed by atoms with Gasteiger partial charge in [0.15, 0.2) is 11.5 Å². The molecular formula is C13H18O5S. The Labute approximate surface area is 113 Å². The van der Waals surface area contributed by atoms with Gasteiger partial charge < -0.3 is 9.47 Å². The van der Waals surface area contributed by atoms with Gasteiger partial charge in [0.05, 0.1) is 12.4 Å². The predicted molar refractivity (Wildman–Crippen MR) is 70.9 cm³/mol. The van der Waals surface area contributed by atoms with Crippen LogP contribution < -0.4 is 9.47 Å². The number of hydrogen-bond donors (Lipinski definition) is 0. The third kappa shape index (κ3) is 3.84. The van der Waals surface area contributed by atoms with E-state index in [1.807, 2.05) is 32.0 Å². The molecule has 5 nitrogen and oxygen atoms in total. The largest absolute Gasteiger partial charge is 0.449 e. The molecule has 0 saturated heterocycles. The zero-order valence-corrected chi connectivity index (χ0v) is 12.3. The Morgan fingerprint density at radius 3 is 2.53 bits per heavy atom. The molecule has 1 heterocycles. The quantitative estimate of drug-likeness (QED) is 0.793. The summed E-state index contributed by atoms with van der Waals surface area (Å²) >= 11 is 0. The van der Waals surface area contributed by atoms with Crippen molar-refractivity contribution < 1.29 is 22.1 Å². The van der Waals surface area contributed by atoms with Crippen molar-refractivity contribution in [1.82, 2.24) is 0 Å². The summed E-state index contributed by atoms with van der Waals surface area (Å²) in [4.78, 5) is 0. The summed E-state index contributed by atoms with van der Waals surface area (Å²) in [6, 6.07) is 5.56. The summed E-state index contributed by atoms with van der Waals surface area (Å²) in [6.45, 7) is 5.39. The Morgan fingerprint density at radius 2 is 1.89 bits per heavy atom. The van der Waals surface area contributed by atoms with E-state index in [0.29, 0.717) is 17.9 Å². The van der Waals surface area contributed by atoms with E-state index in [4.69, 9.17) is 13.7 Å². The second-order valence-electron chi connectivity index (χ2n) is 5.20. The molecule has 0 saturated carbocycles. The van der Waals surface area contributed by atoms with Crippen LogP contribution in [0.1, 0.15) is 26.3 Å². The summed E-state index contributed by atoms with van der Waals surface area (Å²) in [6.07, 6.45) is 1.12. The summed E-state index contributed by atoms with van der Waals surface area (Å²) in [5.41, 5.74) is 0.941. The molecule has 1 aliphatic heterocycles. The van der Waals surface area contributed by atoms with Gasteiger partial charge >= 0.3 is 0 Å². The highest BCUT2D eigenvalue weighted by Gasteiger charge is 2.31. The van der Waals surface area contributed by atoms with Gasteiger partial charge in [0.1, 0.15) is 0 Å². The Bertz CT molecular complexity index is 577. The van der Waals surface area contributed by atoms with Crippen molar-refractivity contribution in [2.24, 2.45) is 0 Å². The number of rotatable bonds is 4. The van der Waals surface area contributed by atoms with Crippen molar-refractivity contribution in [2.75, 3.05) is 6.26 Å². The average molecular weight is 286 g/mol. The molecule has 0 spiro atoms. The van der Waals surface area contributed by atoms with Crippen LogP contribution in [0.15, 0.2) is 18.2 Å². The average Bonchev–Trinajstić information content (AvgIpc) is 2.47. The smallest absolute Gasteiger partial charge is 0.264 e. The van der Waals surface area contributed by atoms with Crippen LogP contribution in [0, 0.1) is 0 Å². The van der Waals surface area contributed by atoms with E-state index in [-0.39, 0.29) is 0 Å². The van der Waals surface area contributed by atoms with Gasteiger partial charge in [-0.1, -0.05) is 6.07 Å². The minimum Gasteiger partial charge on any atom is -0.449 e. The number of ether oxygens (including phenoxy) is 2. The molecule has 0 radical (unpaired) electrons. The van der Waals surface area contributed by atoms with Crippen LogP contribution >= 0.6 is 0 Å². The molecule has 19 heavy (non-hydrogen) atoms. The molecule has 0 aliphatic carbocycles. The number of benzene rings is 1. The van der Waals surface area contributed by atoms with Gasteiger partial charge in [0.25, 0.3) is 10.1 Å². The van der Waals surface area contributed by atoms with Crippen LogP contribution in [0.5, 0.6) is 11.5 Å². The Morgan fingerprint density at radius 1 is 1.26 bits per heavy atom. The molecule has 6 heteroatoms.